The minimum atomic E-state index is -0.104. The Hall–Kier alpha value is -2.95. The molecule has 1 N–H and O–H groups in total. The Labute approximate surface area is 134 Å². The number of hydrogen-bond donors (Lipinski definition) is 1. The van der Waals surface area contributed by atoms with Crippen LogP contribution in [-0.4, -0.2) is 22.6 Å². The highest BCUT2D eigenvalue weighted by Gasteiger charge is 2.09. The van der Waals surface area contributed by atoms with Crippen molar-refractivity contribution in [2.75, 3.05) is 6.54 Å². The number of carbonyl (C=O) groups excluding carboxylic acids is 1. The predicted molar refractivity (Wildman–Crippen MR) is 87.0 cm³/mol. The predicted octanol–water partition coefficient (Wildman–Crippen LogP) is 3.02. The van der Waals surface area contributed by atoms with Crippen molar-refractivity contribution in [3.63, 3.8) is 0 Å². The zero-order chi connectivity index (χ0) is 16.1. The molecule has 0 saturated carbocycles. The maximum atomic E-state index is 12.0. The highest BCUT2D eigenvalue weighted by atomic mass is 16.5. The van der Waals surface area contributed by atoms with Gasteiger partial charge in [-0.25, -0.2) is 0 Å². The van der Waals surface area contributed by atoms with Gasteiger partial charge < -0.3 is 9.84 Å². The van der Waals surface area contributed by atoms with E-state index in [2.05, 4.69) is 15.5 Å². The first-order valence-corrected chi connectivity index (χ1v) is 7.45. The Morgan fingerprint density at radius 3 is 2.57 bits per heavy atom. The zero-order valence-corrected chi connectivity index (χ0v) is 12.8. The van der Waals surface area contributed by atoms with Gasteiger partial charge in [0.05, 0.1) is 0 Å². The van der Waals surface area contributed by atoms with Crippen molar-refractivity contribution in [1.29, 1.82) is 0 Å². The Kier molecular flexibility index (Phi) is 4.47. The molecule has 1 aromatic heterocycles. The minimum Gasteiger partial charge on any atom is -0.352 e. The van der Waals surface area contributed by atoms with Crippen LogP contribution in [0.4, 0.5) is 0 Å². The van der Waals surface area contributed by atoms with E-state index in [0.29, 0.717) is 30.2 Å². The van der Waals surface area contributed by atoms with Gasteiger partial charge in [-0.2, -0.15) is 4.98 Å². The third-order valence-electron chi connectivity index (χ3n) is 3.44. The Morgan fingerprint density at radius 1 is 1.09 bits per heavy atom. The summed E-state index contributed by atoms with van der Waals surface area (Å²) in [7, 11) is 0. The van der Waals surface area contributed by atoms with Crippen molar-refractivity contribution in [3.05, 3.63) is 71.6 Å². The standard InChI is InChI=1S/C18H17N3O2/c1-13-7-9-15(10-8-13)18(22)19-12-11-16-20-17(21-23-16)14-5-3-2-4-6-14/h2-10H,11-12H2,1H3,(H,19,22). The van der Waals surface area contributed by atoms with Gasteiger partial charge in [0, 0.05) is 24.1 Å². The second-order valence-electron chi connectivity index (χ2n) is 5.25. The fourth-order valence-electron chi connectivity index (χ4n) is 2.15. The lowest BCUT2D eigenvalue weighted by Gasteiger charge is -2.03. The van der Waals surface area contributed by atoms with E-state index in [1.807, 2.05) is 61.5 Å². The van der Waals surface area contributed by atoms with Crippen LogP contribution in [0.25, 0.3) is 11.4 Å². The zero-order valence-electron chi connectivity index (χ0n) is 12.8. The maximum Gasteiger partial charge on any atom is 0.251 e. The van der Waals surface area contributed by atoms with Gasteiger partial charge in [0.2, 0.25) is 11.7 Å². The van der Waals surface area contributed by atoms with Crippen LogP contribution >= 0.6 is 0 Å². The number of aromatic nitrogens is 2. The van der Waals surface area contributed by atoms with Crippen molar-refractivity contribution in [3.8, 4) is 11.4 Å². The monoisotopic (exact) mass is 307 g/mol. The van der Waals surface area contributed by atoms with Gasteiger partial charge in [-0.05, 0) is 19.1 Å². The summed E-state index contributed by atoms with van der Waals surface area (Å²) in [4.78, 5) is 16.3. The van der Waals surface area contributed by atoms with Gasteiger partial charge in [-0.15, -0.1) is 0 Å². The average Bonchev–Trinajstić information content (AvgIpc) is 3.05. The number of nitrogens with zero attached hydrogens (tertiary/aromatic N) is 2. The molecule has 3 aromatic rings. The molecule has 0 fully saturated rings. The summed E-state index contributed by atoms with van der Waals surface area (Å²) < 4.78 is 5.21. The van der Waals surface area contributed by atoms with Crippen molar-refractivity contribution < 1.29 is 9.32 Å². The van der Waals surface area contributed by atoms with Crippen LogP contribution in [0.1, 0.15) is 21.8 Å². The largest absolute Gasteiger partial charge is 0.352 e. The molecule has 0 spiro atoms. The SMILES string of the molecule is Cc1ccc(C(=O)NCCc2nc(-c3ccccc3)no2)cc1. The summed E-state index contributed by atoms with van der Waals surface area (Å²) in [6, 6.07) is 17.1. The third kappa shape index (κ3) is 3.83. The first-order chi connectivity index (χ1) is 11.2. The topological polar surface area (TPSA) is 68.0 Å². The summed E-state index contributed by atoms with van der Waals surface area (Å²) in [5.74, 6) is 0.964. The van der Waals surface area contributed by atoms with E-state index in [9.17, 15) is 4.79 Å². The Bertz CT molecular complexity index is 780. The molecule has 3 rings (SSSR count). The molecule has 0 unspecified atom stereocenters. The lowest BCUT2D eigenvalue weighted by Crippen LogP contribution is -2.25. The van der Waals surface area contributed by atoms with Gasteiger partial charge >= 0.3 is 0 Å². The van der Waals surface area contributed by atoms with E-state index < -0.39 is 0 Å². The molecule has 0 aliphatic heterocycles. The van der Waals surface area contributed by atoms with E-state index in [0.717, 1.165) is 11.1 Å². The van der Waals surface area contributed by atoms with Gasteiger partial charge in [-0.1, -0.05) is 53.2 Å². The van der Waals surface area contributed by atoms with Gasteiger partial charge in [0.15, 0.2) is 0 Å². The molecule has 0 aliphatic rings. The molecule has 0 saturated heterocycles. The molecule has 23 heavy (non-hydrogen) atoms. The molecule has 116 valence electrons. The average molecular weight is 307 g/mol. The summed E-state index contributed by atoms with van der Waals surface area (Å²) in [5.41, 5.74) is 2.68. The van der Waals surface area contributed by atoms with Crippen LogP contribution in [0.5, 0.6) is 0 Å². The van der Waals surface area contributed by atoms with Crippen LogP contribution < -0.4 is 5.32 Å². The number of rotatable bonds is 5. The number of hydrogen-bond acceptors (Lipinski definition) is 4. The highest BCUT2D eigenvalue weighted by Crippen LogP contribution is 2.14. The van der Waals surface area contributed by atoms with Crippen LogP contribution in [0.3, 0.4) is 0 Å². The van der Waals surface area contributed by atoms with Gasteiger partial charge in [0.25, 0.3) is 5.91 Å². The van der Waals surface area contributed by atoms with E-state index in [1.165, 1.54) is 0 Å². The molecular formula is C18H17N3O2. The lowest BCUT2D eigenvalue weighted by molar-refractivity contribution is 0.0953. The number of carbonyl (C=O) groups is 1. The van der Waals surface area contributed by atoms with Crippen LogP contribution in [-0.2, 0) is 6.42 Å². The molecule has 1 heterocycles. The van der Waals surface area contributed by atoms with Crippen LogP contribution in [0.15, 0.2) is 59.1 Å². The van der Waals surface area contributed by atoms with Crippen molar-refractivity contribution in [2.45, 2.75) is 13.3 Å². The summed E-state index contributed by atoms with van der Waals surface area (Å²) >= 11 is 0. The molecule has 0 radical (unpaired) electrons. The van der Waals surface area contributed by atoms with Crippen LogP contribution in [0, 0.1) is 6.92 Å². The van der Waals surface area contributed by atoms with Crippen LogP contribution in [0.2, 0.25) is 0 Å². The number of aryl methyl sites for hydroxylation is 1. The molecule has 2 aromatic carbocycles. The highest BCUT2D eigenvalue weighted by molar-refractivity contribution is 5.94. The molecule has 1 amide bonds. The first kappa shape index (κ1) is 15.0. The van der Waals surface area contributed by atoms with E-state index in [1.54, 1.807) is 0 Å². The smallest absolute Gasteiger partial charge is 0.251 e. The fourth-order valence-corrected chi connectivity index (χ4v) is 2.15. The maximum absolute atomic E-state index is 12.0. The molecule has 0 atom stereocenters. The van der Waals surface area contributed by atoms with Crippen molar-refractivity contribution in [2.24, 2.45) is 0 Å². The number of benzene rings is 2. The van der Waals surface area contributed by atoms with Gasteiger partial charge in [-0.3, -0.25) is 4.79 Å². The molecule has 5 heteroatoms. The normalized spacial score (nSPS) is 10.5. The Morgan fingerprint density at radius 2 is 1.83 bits per heavy atom. The third-order valence-corrected chi connectivity index (χ3v) is 3.44. The summed E-state index contributed by atoms with van der Waals surface area (Å²) in [5, 5.41) is 6.80. The second-order valence-corrected chi connectivity index (χ2v) is 5.25. The molecular weight excluding hydrogens is 290 g/mol. The summed E-state index contributed by atoms with van der Waals surface area (Å²) in [6.45, 7) is 2.44. The molecule has 0 bridgehead atoms. The quantitative estimate of drug-likeness (QED) is 0.786. The van der Waals surface area contributed by atoms with Gasteiger partial charge in [0.1, 0.15) is 0 Å². The first-order valence-electron chi connectivity index (χ1n) is 7.45. The second kappa shape index (κ2) is 6.87. The molecule has 5 nitrogen and oxygen atoms in total. The Balaban J connectivity index is 1.54. The number of amides is 1. The number of nitrogens with one attached hydrogen (secondary N) is 1. The fraction of sp³-hybridized carbons (Fsp3) is 0.167. The van der Waals surface area contributed by atoms with E-state index in [4.69, 9.17) is 4.52 Å². The lowest BCUT2D eigenvalue weighted by atomic mass is 10.1. The summed E-state index contributed by atoms with van der Waals surface area (Å²) in [6.07, 6.45) is 0.497. The van der Waals surface area contributed by atoms with E-state index >= 15 is 0 Å². The molecule has 0 aliphatic carbocycles. The van der Waals surface area contributed by atoms with Crippen molar-refractivity contribution >= 4 is 5.91 Å². The van der Waals surface area contributed by atoms with E-state index in [-0.39, 0.29) is 5.91 Å². The van der Waals surface area contributed by atoms with Crippen molar-refractivity contribution in [1.82, 2.24) is 15.5 Å². The minimum absolute atomic E-state index is 0.104.